The van der Waals surface area contributed by atoms with E-state index in [1.165, 1.54) is 88.6 Å². The van der Waals surface area contributed by atoms with E-state index in [1.54, 1.807) is 0 Å². The molecule has 9 aromatic rings. The summed E-state index contributed by atoms with van der Waals surface area (Å²) in [4.78, 5) is 0. The number of anilines is 1. The van der Waals surface area contributed by atoms with E-state index in [9.17, 15) is 0 Å². The van der Waals surface area contributed by atoms with E-state index in [0.29, 0.717) is 0 Å². The monoisotopic (exact) mass is 648 g/mol. The Hall–Kier alpha value is -6.64. The molecule has 1 heterocycles. The Morgan fingerprint density at radius 2 is 0.922 bits per heavy atom. The molecule has 1 spiro atoms. The summed E-state index contributed by atoms with van der Waals surface area (Å²) in [6.07, 6.45) is 0. The minimum absolute atomic E-state index is 0.448. The molecule has 0 bridgehead atoms. The van der Waals surface area contributed by atoms with Crippen LogP contribution in [0.2, 0.25) is 0 Å². The molecule has 2 aliphatic rings. The summed E-state index contributed by atoms with van der Waals surface area (Å²) >= 11 is 0. The van der Waals surface area contributed by atoms with Gasteiger partial charge in [-0.1, -0.05) is 140 Å². The second-order valence-electron chi connectivity index (χ2n) is 13.8. The van der Waals surface area contributed by atoms with Gasteiger partial charge in [-0.05, 0) is 109 Å². The highest BCUT2D eigenvalue weighted by Gasteiger charge is 2.52. The first-order valence-corrected chi connectivity index (χ1v) is 17.6. The third-order valence-corrected chi connectivity index (χ3v) is 11.3. The Kier molecular flexibility index (Phi) is 5.77. The van der Waals surface area contributed by atoms with Crippen LogP contribution >= 0.6 is 0 Å². The van der Waals surface area contributed by atoms with Crippen molar-refractivity contribution < 1.29 is 0 Å². The highest BCUT2D eigenvalue weighted by molar-refractivity contribution is 6.11. The number of para-hydroxylation sites is 2. The fourth-order valence-electron chi connectivity index (χ4n) is 9.42. The van der Waals surface area contributed by atoms with Gasteiger partial charge in [0, 0.05) is 22.1 Å². The zero-order valence-corrected chi connectivity index (χ0v) is 27.8. The minimum Gasteiger partial charge on any atom is -0.399 e. The normalized spacial score (nSPS) is 13.3. The predicted octanol–water partition coefficient (Wildman–Crippen LogP) is 12.0. The van der Waals surface area contributed by atoms with E-state index in [0.717, 1.165) is 11.4 Å². The largest absolute Gasteiger partial charge is 0.399 e. The SMILES string of the molecule is Nc1cc(-c2ccccc2-c2ccc3c(c2)c2ccccc2n3-c2ccccc2)c2c(c1)C1(c3ccccc3-c3ccccc31)c1ccccc1-2. The maximum Gasteiger partial charge on any atom is 0.0726 e. The van der Waals surface area contributed by atoms with Gasteiger partial charge in [0.15, 0.2) is 0 Å². The standard InChI is InChI=1S/C49H32N2/c50-32-29-41(48-39-21-8-12-24-44(39)49(45(48)30-32)42-22-10-6-18-36(42)37-19-7-11-23-43(37)49)35-17-5-4-16-34(35)31-26-27-47-40(28-31)38-20-9-13-25-46(38)51(47)33-14-2-1-3-15-33/h1-30H,50H2. The smallest absolute Gasteiger partial charge is 0.0726 e. The van der Waals surface area contributed by atoms with Crippen molar-refractivity contribution in [2.75, 3.05) is 5.73 Å². The molecule has 8 aromatic carbocycles. The molecule has 2 aliphatic carbocycles. The Bertz CT molecular complexity index is 2830. The van der Waals surface area contributed by atoms with Crippen molar-refractivity contribution in [3.8, 4) is 50.2 Å². The molecule has 0 amide bonds. The number of aromatic nitrogens is 1. The van der Waals surface area contributed by atoms with Gasteiger partial charge in [-0.15, -0.1) is 0 Å². The summed E-state index contributed by atoms with van der Waals surface area (Å²) in [7, 11) is 0. The average molecular weight is 649 g/mol. The number of nitrogens with two attached hydrogens (primary N) is 1. The van der Waals surface area contributed by atoms with Crippen LogP contribution in [0.15, 0.2) is 182 Å². The number of hydrogen-bond donors (Lipinski definition) is 1. The highest BCUT2D eigenvalue weighted by atomic mass is 15.0. The molecular weight excluding hydrogens is 617 g/mol. The molecule has 0 atom stereocenters. The lowest BCUT2D eigenvalue weighted by molar-refractivity contribution is 0.794. The molecule has 0 aliphatic heterocycles. The Morgan fingerprint density at radius 1 is 0.373 bits per heavy atom. The third-order valence-electron chi connectivity index (χ3n) is 11.3. The Labute approximate surface area is 296 Å². The summed E-state index contributed by atoms with van der Waals surface area (Å²) in [5.41, 5.74) is 25.9. The maximum absolute atomic E-state index is 6.98. The van der Waals surface area contributed by atoms with Gasteiger partial charge in [0.25, 0.3) is 0 Å². The fraction of sp³-hybridized carbons (Fsp3) is 0.0204. The third kappa shape index (κ3) is 3.71. The molecule has 2 N–H and O–H groups in total. The van der Waals surface area contributed by atoms with E-state index in [-0.39, 0.29) is 0 Å². The van der Waals surface area contributed by atoms with Crippen molar-refractivity contribution in [2.24, 2.45) is 0 Å². The quantitative estimate of drug-likeness (QED) is 0.190. The topological polar surface area (TPSA) is 30.9 Å². The molecule has 238 valence electrons. The first-order valence-electron chi connectivity index (χ1n) is 17.6. The molecule has 0 radical (unpaired) electrons. The van der Waals surface area contributed by atoms with E-state index >= 15 is 0 Å². The van der Waals surface area contributed by atoms with Crippen LogP contribution in [-0.4, -0.2) is 4.57 Å². The summed E-state index contributed by atoms with van der Waals surface area (Å²) in [5.74, 6) is 0. The Morgan fingerprint density at radius 3 is 1.65 bits per heavy atom. The number of nitrogens with zero attached hydrogens (tertiary/aromatic N) is 1. The van der Waals surface area contributed by atoms with Crippen LogP contribution in [0.4, 0.5) is 5.69 Å². The van der Waals surface area contributed by atoms with Crippen molar-refractivity contribution in [1.29, 1.82) is 0 Å². The van der Waals surface area contributed by atoms with Crippen molar-refractivity contribution in [3.05, 3.63) is 204 Å². The van der Waals surface area contributed by atoms with Gasteiger partial charge in [-0.3, -0.25) is 0 Å². The van der Waals surface area contributed by atoms with Crippen LogP contribution in [0, 0.1) is 0 Å². The lowest BCUT2D eigenvalue weighted by atomic mass is 9.70. The van der Waals surface area contributed by atoms with Crippen LogP contribution in [0.1, 0.15) is 22.3 Å². The minimum atomic E-state index is -0.448. The van der Waals surface area contributed by atoms with Crippen LogP contribution in [0.3, 0.4) is 0 Å². The zero-order valence-electron chi connectivity index (χ0n) is 27.8. The molecule has 0 saturated heterocycles. The van der Waals surface area contributed by atoms with Gasteiger partial charge in [-0.25, -0.2) is 0 Å². The van der Waals surface area contributed by atoms with E-state index in [1.807, 2.05) is 0 Å². The van der Waals surface area contributed by atoms with Gasteiger partial charge in [-0.2, -0.15) is 0 Å². The number of fused-ring (bicyclic) bond motifs is 13. The molecule has 11 rings (SSSR count). The Balaban J connectivity index is 1.18. The summed E-state index contributed by atoms with van der Waals surface area (Å²) in [6, 6.07) is 66.5. The van der Waals surface area contributed by atoms with E-state index in [2.05, 4.69) is 187 Å². The second-order valence-corrected chi connectivity index (χ2v) is 13.8. The van der Waals surface area contributed by atoms with Crippen molar-refractivity contribution in [2.45, 2.75) is 5.41 Å². The number of rotatable bonds is 3. The van der Waals surface area contributed by atoms with E-state index < -0.39 is 5.41 Å². The molecular formula is C49H32N2. The molecule has 51 heavy (non-hydrogen) atoms. The summed E-state index contributed by atoms with van der Waals surface area (Å²) < 4.78 is 2.37. The summed E-state index contributed by atoms with van der Waals surface area (Å²) in [6.45, 7) is 0. The van der Waals surface area contributed by atoms with Crippen molar-refractivity contribution in [1.82, 2.24) is 4.57 Å². The predicted molar refractivity (Wildman–Crippen MR) is 212 cm³/mol. The maximum atomic E-state index is 6.98. The molecule has 0 unspecified atom stereocenters. The average Bonchev–Trinajstić information content (AvgIpc) is 3.79. The highest BCUT2D eigenvalue weighted by Crippen LogP contribution is 2.64. The van der Waals surface area contributed by atoms with Gasteiger partial charge in [0.1, 0.15) is 0 Å². The summed E-state index contributed by atoms with van der Waals surface area (Å²) in [5, 5.41) is 2.48. The van der Waals surface area contributed by atoms with Crippen LogP contribution in [0.5, 0.6) is 0 Å². The van der Waals surface area contributed by atoms with Crippen LogP contribution in [0.25, 0.3) is 72.0 Å². The molecule has 0 saturated carbocycles. The number of nitrogen functional groups attached to an aromatic ring is 1. The lowest BCUT2D eigenvalue weighted by Gasteiger charge is -2.30. The first-order chi connectivity index (χ1) is 25.2. The van der Waals surface area contributed by atoms with Gasteiger partial charge in [0.2, 0.25) is 0 Å². The first kappa shape index (κ1) is 28.2. The molecule has 2 heteroatoms. The number of benzene rings is 8. The van der Waals surface area contributed by atoms with E-state index in [4.69, 9.17) is 5.73 Å². The van der Waals surface area contributed by atoms with Gasteiger partial charge in [0.05, 0.1) is 16.4 Å². The van der Waals surface area contributed by atoms with Crippen molar-refractivity contribution >= 4 is 27.5 Å². The van der Waals surface area contributed by atoms with Crippen molar-refractivity contribution in [3.63, 3.8) is 0 Å². The lowest BCUT2D eigenvalue weighted by Crippen LogP contribution is -2.26. The molecule has 2 nitrogen and oxygen atoms in total. The van der Waals surface area contributed by atoms with Gasteiger partial charge < -0.3 is 10.3 Å². The number of hydrogen-bond acceptors (Lipinski definition) is 1. The van der Waals surface area contributed by atoms with Gasteiger partial charge >= 0.3 is 0 Å². The second kappa shape index (κ2) is 10.4. The fourth-order valence-corrected chi connectivity index (χ4v) is 9.42. The zero-order chi connectivity index (χ0) is 33.7. The molecule has 0 fully saturated rings. The molecule has 1 aromatic heterocycles. The van der Waals surface area contributed by atoms with Crippen LogP contribution < -0.4 is 5.73 Å². The van der Waals surface area contributed by atoms with Crippen LogP contribution in [-0.2, 0) is 5.41 Å².